The molecule has 1 aromatic heterocycles. The Morgan fingerprint density at radius 1 is 1.64 bits per heavy atom. The molecule has 1 rings (SSSR count). The van der Waals surface area contributed by atoms with Crippen LogP contribution in [0.2, 0.25) is 0 Å². The summed E-state index contributed by atoms with van der Waals surface area (Å²) in [6, 6.07) is 0. The maximum absolute atomic E-state index is 5.45. The molecule has 0 bridgehead atoms. The third-order valence-corrected chi connectivity index (χ3v) is 2.26. The lowest BCUT2D eigenvalue weighted by atomic mass is 10.6. The molecule has 0 radical (unpaired) electrons. The van der Waals surface area contributed by atoms with Gasteiger partial charge in [-0.1, -0.05) is 0 Å². The molecule has 0 aliphatic rings. The summed E-state index contributed by atoms with van der Waals surface area (Å²) in [5.41, 5.74) is 5.45. The van der Waals surface area contributed by atoms with Gasteiger partial charge in [-0.3, -0.25) is 0 Å². The molecule has 4 heteroatoms. The summed E-state index contributed by atoms with van der Waals surface area (Å²) in [6.45, 7) is 1.51. The van der Waals surface area contributed by atoms with Crippen LogP contribution in [0.3, 0.4) is 0 Å². The van der Waals surface area contributed by atoms with Crippen LogP contribution in [0.15, 0.2) is 6.20 Å². The molecule has 0 atom stereocenters. The first-order valence-electron chi connectivity index (χ1n) is 3.50. The summed E-state index contributed by atoms with van der Waals surface area (Å²) in [5, 5.41) is 1.13. The summed E-state index contributed by atoms with van der Waals surface area (Å²) in [5.74, 6) is 0. The highest BCUT2D eigenvalue weighted by Gasteiger charge is 2.00. The largest absolute Gasteiger partial charge is 0.326 e. The van der Waals surface area contributed by atoms with Gasteiger partial charge in [0.1, 0.15) is 5.01 Å². The van der Waals surface area contributed by atoms with Gasteiger partial charge in [0.15, 0.2) is 0 Å². The Hall–Kier alpha value is -0.450. The van der Waals surface area contributed by atoms with E-state index in [9.17, 15) is 0 Å². The molecular formula is C7H13N3S. The van der Waals surface area contributed by atoms with Crippen molar-refractivity contribution in [3.8, 4) is 0 Å². The summed E-state index contributed by atoms with van der Waals surface area (Å²) < 4.78 is 0. The van der Waals surface area contributed by atoms with Gasteiger partial charge in [0.25, 0.3) is 0 Å². The summed E-state index contributed by atoms with van der Waals surface area (Å²) in [4.78, 5) is 7.47. The zero-order valence-corrected chi connectivity index (χ0v) is 7.69. The summed E-state index contributed by atoms with van der Waals surface area (Å²) in [7, 11) is 4.06. The first-order valence-corrected chi connectivity index (χ1v) is 4.32. The standard InChI is InChI=1S/C7H13N3S/c1-10(2)5-7-9-4-6(3-8)11-7/h4H,3,5,8H2,1-2H3. The van der Waals surface area contributed by atoms with Gasteiger partial charge in [0, 0.05) is 24.2 Å². The molecule has 0 saturated carbocycles. The van der Waals surface area contributed by atoms with Crippen LogP contribution in [0.5, 0.6) is 0 Å². The van der Waals surface area contributed by atoms with Crippen LogP contribution in [0.25, 0.3) is 0 Å². The minimum Gasteiger partial charge on any atom is -0.326 e. The lowest BCUT2D eigenvalue weighted by Crippen LogP contribution is -2.09. The van der Waals surface area contributed by atoms with E-state index < -0.39 is 0 Å². The van der Waals surface area contributed by atoms with Crippen molar-refractivity contribution < 1.29 is 0 Å². The zero-order chi connectivity index (χ0) is 8.27. The van der Waals surface area contributed by atoms with Gasteiger partial charge in [-0.15, -0.1) is 11.3 Å². The maximum atomic E-state index is 5.45. The molecule has 0 amide bonds. The highest BCUT2D eigenvalue weighted by molar-refractivity contribution is 7.11. The molecule has 11 heavy (non-hydrogen) atoms. The van der Waals surface area contributed by atoms with Crippen LogP contribution in [0.4, 0.5) is 0 Å². The van der Waals surface area contributed by atoms with Gasteiger partial charge in [-0.05, 0) is 14.1 Å². The zero-order valence-electron chi connectivity index (χ0n) is 6.87. The van der Waals surface area contributed by atoms with Crippen molar-refractivity contribution >= 4 is 11.3 Å². The fourth-order valence-corrected chi connectivity index (χ4v) is 1.71. The van der Waals surface area contributed by atoms with Gasteiger partial charge in [-0.2, -0.15) is 0 Å². The van der Waals surface area contributed by atoms with E-state index in [0.717, 1.165) is 16.4 Å². The van der Waals surface area contributed by atoms with Crippen LogP contribution < -0.4 is 5.73 Å². The van der Waals surface area contributed by atoms with Crippen molar-refractivity contribution in [1.29, 1.82) is 0 Å². The Kier molecular flexibility index (Phi) is 2.99. The van der Waals surface area contributed by atoms with E-state index in [1.807, 2.05) is 20.3 Å². The molecule has 0 saturated heterocycles. The first kappa shape index (κ1) is 8.64. The van der Waals surface area contributed by atoms with Crippen molar-refractivity contribution in [2.75, 3.05) is 14.1 Å². The van der Waals surface area contributed by atoms with E-state index in [1.165, 1.54) is 0 Å². The van der Waals surface area contributed by atoms with Gasteiger partial charge >= 0.3 is 0 Å². The topological polar surface area (TPSA) is 42.2 Å². The van der Waals surface area contributed by atoms with Crippen LogP contribution in [0, 0.1) is 0 Å². The SMILES string of the molecule is CN(C)Cc1ncc(CN)s1. The lowest BCUT2D eigenvalue weighted by molar-refractivity contribution is 0.401. The second-order valence-corrected chi connectivity index (χ2v) is 3.86. The number of rotatable bonds is 3. The quantitative estimate of drug-likeness (QED) is 0.726. The predicted molar refractivity (Wildman–Crippen MR) is 47.4 cm³/mol. The molecule has 0 fully saturated rings. The highest BCUT2D eigenvalue weighted by atomic mass is 32.1. The normalized spacial score (nSPS) is 10.9. The number of nitrogens with zero attached hydrogens (tertiary/aromatic N) is 2. The molecule has 0 unspecified atom stereocenters. The van der Waals surface area contributed by atoms with E-state index in [2.05, 4.69) is 9.88 Å². The third kappa shape index (κ3) is 2.57. The molecule has 62 valence electrons. The van der Waals surface area contributed by atoms with Crippen molar-refractivity contribution in [3.05, 3.63) is 16.1 Å². The molecule has 2 N–H and O–H groups in total. The molecular weight excluding hydrogens is 158 g/mol. The Labute approximate surface area is 70.9 Å². The molecule has 0 aliphatic carbocycles. The summed E-state index contributed by atoms with van der Waals surface area (Å²) >= 11 is 1.68. The minimum absolute atomic E-state index is 0.602. The fourth-order valence-electron chi connectivity index (χ4n) is 0.786. The maximum Gasteiger partial charge on any atom is 0.107 e. The Morgan fingerprint density at radius 2 is 2.36 bits per heavy atom. The minimum atomic E-state index is 0.602. The van der Waals surface area contributed by atoms with Crippen LogP contribution in [0.1, 0.15) is 9.88 Å². The van der Waals surface area contributed by atoms with Gasteiger partial charge in [-0.25, -0.2) is 4.98 Å². The molecule has 0 aliphatic heterocycles. The average molecular weight is 171 g/mol. The number of nitrogens with two attached hydrogens (primary N) is 1. The third-order valence-electron chi connectivity index (χ3n) is 1.25. The Morgan fingerprint density at radius 3 is 2.82 bits per heavy atom. The second kappa shape index (κ2) is 3.80. The van der Waals surface area contributed by atoms with Crippen molar-refractivity contribution in [2.24, 2.45) is 5.73 Å². The van der Waals surface area contributed by atoms with Gasteiger partial charge in [0.2, 0.25) is 0 Å². The van der Waals surface area contributed by atoms with E-state index in [1.54, 1.807) is 11.3 Å². The van der Waals surface area contributed by atoms with Crippen LogP contribution in [-0.2, 0) is 13.1 Å². The second-order valence-electron chi connectivity index (χ2n) is 2.66. The monoisotopic (exact) mass is 171 g/mol. The molecule has 0 spiro atoms. The van der Waals surface area contributed by atoms with Gasteiger partial charge in [0.05, 0.1) is 0 Å². The average Bonchev–Trinajstić information content (AvgIpc) is 2.34. The lowest BCUT2D eigenvalue weighted by Gasteiger charge is -2.04. The number of aromatic nitrogens is 1. The number of hydrogen-bond donors (Lipinski definition) is 1. The van der Waals surface area contributed by atoms with Crippen LogP contribution >= 0.6 is 11.3 Å². The van der Waals surface area contributed by atoms with E-state index in [0.29, 0.717) is 6.54 Å². The molecule has 0 aromatic carbocycles. The highest BCUT2D eigenvalue weighted by Crippen LogP contribution is 2.12. The van der Waals surface area contributed by atoms with Gasteiger partial charge < -0.3 is 10.6 Å². The Bertz CT molecular complexity index is 219. The smallest absolute Gasteiger partial charge is 0.107 e. The number of hydrogen-bond acceptors (Lipinski definition) is 4. The Balaban J connectivity index is 2.58. The molecule has 1 heterocycles. The van der Waals surface area contributed by atoms with Crippen LogP contribution in [-0.4, -0.2) is 24.0 Å². The van der Waals surface area contributed by atoms with E-state index >= 15 is 0 Å². The molecule has 3 nitrogen and oxygen atoms in total. The van der Waals surface area contributed by atoms with E-state index in [-0.39, 0.29) is 0 Å². The van der Waals surface area contributed by atoms with Crippen molar-refractivity contribution in [3.63, 3.8) is 0 Å². The number of thiazole rings is 1. The van der Waals surface area contributed by atoms with E-state index in [4.69, 9.17) is 5.73 Å². The summed E-state index contributed by atoms with van der Waals surface area (Å²) in [6.07, 6.45) is 1.85. The first-order chi connectivity index (χ1) is 5.22. The van der Waals surface area contributed by atoms with Crippen molar-refractivity contribution in [2.45, 2.75) is 13.1 Å². The van der Waals surface area contributed by atoms with Crippen molar-refractivity contribution in [1.82, 2.24) is 9.88 Å². The molecule has 1 aromatic rings. The predicted octanol–water partition coefficient (Wildman–Crippen LogP) is 0.663. The fraction of sp³-hybridized carbons (Fsp3) is 0.571.